The molecule has 0 N–H and O–H groups in total. The van der Waals surface area contributed by atoms with Gasteiger partial charge in [-0.1, -0.05) is 54.2 Å². The van der Waals surface area contributed by atoms with Gasteiger partial charge in [-0.25, -0.2) is 12.8 Å². The molecule has 0 radical (unpaired) electrons. The summed E-state index contributed by atoms with van der Waals surface area (Å²) in [5.41, 5.74) is 2.04. The standard InChI is InChI=1S/C22H23FN2O3S2/c23-18-11-9-17(10-12-18)13-25-19-14-30(27,28)15-20(19)29-22(25)24-21(26)8-4-7-16-5-2-1-3-6-16/h1-3,5-6,9-12,19-20H,4,7-8,13-15H2/t19-,20+/m0/s1. The fourth-order valence-corrected chi connectivity index (χ4v) is 7.83. The summed E-state index contributed by atoms with van der Waals surface area (Å²) >= 11 is 1.37. The fourth-order valence-electron chi connectivity index (χ4n) is 3.86. The molecule has 0 aromatic heterocycles. The molecule has 0 saturated carbocycles. The van der Waals surface area contributed by atoms with Crippen LogP contribution in [0.2, 0.25) is 0 Å². The van der Waals surface area contributed by atoms with Crippen LogP contribution in [-0.4, -0.2) is 47.2 Å². The van der Waals surface area contributed by atoms with E-state index in [1.807, 2.05) is 35.2 Å². The molecular formula is C22H23FN2O3S2. The first-order chi connectivity index (χ1) is 14.4. The number of aryl methyl sites for hydroxylation is 1. The fraction of sp³-hybridized carbons (Fsp3) is 0.364. The van der Waals surface area contributed by atoms with Gasteiger partial charge in [-0.3, -0.25) is 4.79 Å². The van der Waals surface area contributed by atoms with Crippen molar-refractivity contribution >= 4 is 32.7 Å². The Labute approximate surface area is 180 Å². The van der Waals surface area contributed by atoms with Gasteiger partial charge in [0, 0.05) is 18.2 Å². The summed E-state index contributed by atoms with van der Waals surface area (Å²) in [6.45, 7) is 0.403. The molecule has 1 amide bonds. The van der Waals surface area contributed by atoms with Gasteiger partial charge < -0.3 is 4.90 Å². The normalized spacial score (nSPS) is 23.6. The minimum atomic E-state index is -3.10. The van der Waals surface area contributed by atoms with Gasteiger partial charge in [-0.15, -0.1) is 0 Å². The second kappa shape index (κ2) is 8.89. The number of hydrogen-bond donors (Lipinski definition) is 0. The molecule has 30 heavy (non-hydrogen) atoms. The number of thioether (sulfide) groups is 1. The Morgan fingerprint density at radius 3 is 2.53 bits per heavy atom. The molecule has 5 nitrogen and oxygen atoms in total. The van der Waals surface area contributed by atoms with Crippen LogP contribution in [0.15, 0.2) is 59.6 Å². The van der Waals surface area contributed by atoms with E-state index in [0.717, 1.165) is 12.0 Å². The minimum absolute atomic E-state index is 0.0626. The Bertz CT molecular complexity index is 1040. The summed E-state index contributed by atoms with van der Waals surface area (Å²) < 4.78 is 37.4. The van der Waals surface area contributed by atoms with Gasteiger partial charge in [0.25, 0.3) is 0 Å². The quantitative estimate of drug-likeness (QED) is 0.680. The van der Waals surface area contributed by atoms with Gasteiger partial charge in [0.15, 0.2) is 15.0 Å². The number of amidine groups is 1. The third-order valence-corrected chi connectivity index (χ3v) is 8.61. The third-order valence-electron chi connectivity index (χ3n) is 5.36. The highest BCUT2D eigenvalue weighted by molar-refractivity contribution is 8.15. The van der Waals surface area contributed by atoms with E-state index in [-0.39, 0.29) is 34.5 Å². The zero-order chi connectivity index (χ0) is 21.1. The predicted octanol–water partition coefficient (Wildman–Crippen LogP) is 3.45. The van der Waals surface area contributed by atoms with E-state index in [4.69, 9.17) is 0 Å². The zero-order valence-electron chi connectivity index (χ0n) is 16.4. The first-order valence-electron chi connectivity index (χ1n) is 9.93. The molecule has 2 heterocycles. The van der Waals surface area contributed by atoms with E-state index in [2.05, 4.69) is 4.99 Å². The average Bonchev–Trinajstić information content (AvgIpc) is 3.16. The first kappa shape index (κ1) is 21.1. The van der Waals surface area contributed by atoms with E-state index in [1.54, 1.807) is 12.1 Å². The number of carbonyl (C=O) groups excluding carboxylic acids is 1. The topological polar surface area (TPSA) is 66.8 Å². The lowest BCUT2D eigenvalue weighted by molar-refractivity contribution is -0.117. The maximum atomic E-state index is 13.2. The summed E-state index contributed by atoms with van der Waals surface area (Å²) in [5, 5.41) is 0.459. The van der Waals surface area contributed by atoms with Crippen molar-refractivity contribution in [3.8, 4) is 0 Å². The lowest BCUT2D eigenvalue weighted by Gasteiger charge is -2.24. The number of amides is 1. The lowest BCUT2D eigenvalue weighted by atomic mass is 10.1. The molecule has 4 rings (SSSR count). The summed E-state index contributed by atoms with van der Waals surface area (Å²) in [6, 6.07) is 15.9. The molecule has 0 spiro atoms. The minimum Gasteiger partial charge on any atom is -0.342 e. The number of benzene rings is 2. The molecule has 0 aliphatic carbocycles. The number of rotatable bonds is 6. The van der Waals surface area contributed by atoms with Crippen LogP contribution in [0.3, 0.4) is 0 Å². The summed E-state index contributed by atoms with van der Waals surface area (Å²) in [6.07, 6.45) is 1.87. The van der Waals surface area contributed by atoms with Crippen molar-refractivity contribution in [2.75, 3.05) is 11.5 Å². The summed E-state index contributed by atoms with van der Waals surface area (Å²) in [4.78, 5) is 18.7. The second-order valence-electron chi connectivity index (χ2n) is 7.68. The van der Waals surface area contributed by atoms with Crippen LogP contribution >= 0.6 is 11.8 Å². The maximum absolute atomic E-state index is 13.2. The van der Waals surface area contributed by atoms with Gasteiger partial charge in [0.2, 0.25) is 5.91 Å². The van der Waals surface area contributed by atoms with Crippen LogP contribution in [-0.2, 0) is 27.6 Å². The van der Waals surface area contributed by atoms with Crippen molar-refractivity contribution < 1.29 is 17.6 Å². The molecule has 2 aliphatic heterocycles. The highest BCUT2D eigenvalue weighted by Crippen LogP contribution is 2.39. The van der Waals surface area contributed by atoms with Gasteiger partial charge in [-0.2, -0.15) is 4.99 Å². The van der Waals surface area contributed by atoms with Gasteiger partial charge in [0.05, 0.1) is 17.5 Å². The smallest absolute Gasteiger partial charge is 0.248 e. The number of aliphatic imine (C=N–C) groups is 1. The molecule has 2 fully saturated rings. The van der Waals surface area contributed by atoms with Gasteiger partial charge >= 0.3 is 0 Å². The van der Waals surface area contributed by atoms with Crippen molar-refractivity contribution in [2.45, 2.75) is 37.1 Å². The average molecular weight is 447 g/mol. The van der Waals surface area contributed by atoms with E-state index in [0.29, 0.717) is 24.6 Å². The molecular weight excluding hydrogens is 423 g/mol. The summed E-state index contributed by atoms with van der Waals surface area (Å²) in [5.74, 6) is -0.352. The molecule has 8 heteroatoms. The van der Waals surface area contributed by atoms with Crippen LogP contribution in [0.1, 0.15) is 24.0 Å². The zero-order valence-corrected chi connectivity index (χ0v) is 18.0. The molecule has 2 saturated heterocycles. The number of carbonyl (C=O) groups is 1. The first-order valence-corrected chi connectivity index (χ1v) is 12.6. The van der Waals surface area contributed by atoms with Crippen molar-refractivity contribution in [1.82, 2.24) is 4.90 Å². The molecule has 2 aliphatic rings. The monoisotopic (exact) mass is 446 g/mol. The molecule has 158 valence electrons. The highest BCUT2D eigenvalue weighted by atomic mass is 32.2. The van der Waals surface area contributed by atoms with E-state index >= 15 is 0 Å². The molecule has 2 atom stereocenters. The molecule has 0 bridgehead atoms. The number of hydrogen-bond acceptors (Lipinski definition) is 4. The molecule has 0 unspecified atom stereocenters. The number of fused-ring (bicyclic) bond motifs is 1. The third kappa shape index (κ3) is 5.10. The van der Waals surface area contributed by atoms with E-state index < -0.39 is 9.84 Å². The Hall–Kier alpha value is -2.19. The van der Waals surface area contributed by atoms with Crippen molar-refractivity contribution in [1.29, 1.82) is 0 Å². The second-order valence-corrected chi connectivity index (χ2v) is 11.0. The highest BCUT2D eigenvalue weighted by Gasteiger charge is 2.48. The van der Waals surface area contributed by atoms with Gasteiger partial charge in [0.1, 0.15) is 5.82 Å². The Morgan fingerprint density at radius 1 is 1.07 bits per heavy atom. The Morgan fingerprint density at radius 2 is 1.80 bits per heavy atom. The van der Waals surface area contributed by atoms with Crippen LogP contribution in [0.25, 0.3) is 0 Å². The maximum Gasteiger partial charge on any atom is 0.248 e. The predicted molar refractivity (Wildman–Crippen MR) is 118 cm³/mol. The van der Waals surface area contributed by atoms with Gasteiger partial charge in [-0.05, 0) is 36.1 Å². The number of nitrogens with zero attached hydrogens (tertiary/aromatic N) is 2. The van der Waals surface area contributed by atoms with Crippen LogP contribution in [0.4, 0.5) is 4.39 Å². The Kier molecular flexibility index (Phi) is 6.24. The Balaban J connectivity index is 1.45. The van der Waals surface area contributed by atoms with Crippen molar-refractivity contribution in [3.63, 3.8) is 0 Å². The lowest BCUT2D eigenvalue weighted by Crippen LogP contribution is -2.37. The van der Waals surface area contributed by atoms with Crippen LogP contribution < -0.4 is 0 Å². The number of sulfone groups is 1. The van der Waals surface area contributed by atoms with E-state index in [9.17, 15) is 17.6 Å². The van der Waals surface area contributed by atoms with Crippen LogP contribution in [0, 0.1) is 5.82 Å². The largest absolute Gasteiger partial charge is 0.342 e. The summed E-state index contributed by atoms with van der Waals surface area (Å²) in [7, 11) is -3.10. The number of halogens is 1. The van der Waals surface area contributed by atoms with Crippen LogP contribution in [0.5, 0.6) is 0 Å². The van der Waals surface area contributed by atoms with E-state index in [1.165, 1.54) is 29.5 Å². The SMILES string of the molecule is O=C(CCCc1ccccc1)N=C1S[C@@H]2CS(=O)(=O)C[C@@H]2N1Cc1ccc(F)cc1. The molecule has 2 aromatic rings. The van der Waals surface area contributed by atoms with Crippen molar-refractivity contribution in [3.05, 3.63) is 71.5 Å². The molecule has 2 aromatic carbocycles. The van der Waals surface area contributed by atoms with Crippen molar-refractivity contribution in [2.24, 2.45) is 4.99 Å².